The molecule has 0 unspecified atom stereocenters. The fourth-order valence-corrected chi connectivity index (χ4v) is 3.98. The van der Waals surface area contributed by atoms with Gasteiger partial charge in [-0.2, -0.15) is 0 Å². The predicted molar refractivity (Wildman–Crippen MR) is 119 cm³/mol. The van der Waals surface area contributed by atoms with Crippen molar-refractivity contribution >= 4 is 46.8 Å². The molecule has 3 aromatic rings. The Balaban J connectivity index is 1.55. The molecule has 3 rings (SSSR count). The Labute approximate surface area is 188 Å². The quantitative estimate of drug-likeness (QED) is 0.325. The van der Waals surface area contributed by atoms with Crippen LogP contribution in [0.1, 0.15) is 37.7 Å². The van der Waals surface area contributed by atoms with Gasteiger partial charge >= 0.3 is 0 Å². The summed E-state index contributed by atoms with van der Waals surface area (Å²) in [7, 11) is 0. The van der Waals surface area contributed by atoms with Crippen molar-refractivity contribution in [2.75, 3.05) is 0 Å². The lowest BCUT2D eigenvalue weighted by Crippen LogP contribution is -2.41. The van der Waals surface area contributed by atoms with Crippen LogP contribution < -0.4 is 10.9 Å². The summed E-state index contributed by atoms with van der Waals surface area (Å²) in [4.78, 5) is 33.3. The molecule has 9 heteroatoms. The highest BCUT2D eigenvalue weighted by molar-refractivity contribution is 7.98. The molecule has 2 amide bonds. The number of aryl methyl sites for hydroxylation is 2. The predicted octanol–water partition coefficient (Wildman–Crippen LogP) is 4.77. The molecule has 1 aromatic heterocycles. The van der Waals surface area contributed by atoms with Crippen molar-refractivity contribution in [1.29, 1.82) is 0 Å². The summed E-state index contributed by atoms with van der Waals surface area (Å²) in [6, 6.07) is 13.5. The zero-order chi connectivity index (χ0) is 21.7. The maximum absolute atomic E-state index is 12.3. The molecule has 2 aromatic carbocycles. The van der Waals surface area contributed by atoms with E-state index < -0.39 is 11.8 Å². The van der Waals surface area contributed by atoms with E-state index in [1.165, 1.54) is 23.9 Å². The monoisotopic (exact) mass is 460 g/mol. The summed E-state index contributed by atoms with van der Waals surface area (Å²) in [5.74, 6) is -0.298. The van der Waals surface area contributed by atoms with Crippen LogP contribution in [0, 0.1) is 13.8 Å². The minimum Gasteiger partial charge on any atom is -0.267 e. The number of thioether (sulfide) groups is 1. The van der Waals surface area contributed by atoms with E-state index in [-0.39, 0.29) is 10.6 Å². The number of carbonyl (C=O) groups excluding carboxylic acids is 2. The van der Waals surface area contributed by atoms with Crippen LogP contribution in [-0.2, 0) is 5.75 Å². The summed E-state index contributed by atoms with van der Waals surface area (Å²) in [6.45, 7) is 3.87. The Morgan fingerprint density at radius 3 is 2.17 bits per heavy atom. The molecule has 0 fully saturated rings. The van der Waals surface area contributed by atoms with Gasteiger partial charge in [0.2, 0.25) is 0 Å². The van der Waals surface area contributed by atoms with Crippen LogP contribution >= 0.6 is 35.0 Å². The normalized spacial score (nSPS) is 10.5. The minimum atomic E-state index is -0.536. The molecular weight excluding hydrogens is 443 g/mol. The number of amides is 2. The number of aromatic nitrogens is 2. The Kier molecular flexibility index (Phi) is 7.31. The van der Waals surface area contributed by atoms with Crippen LogP contribution in [0.15, 0.2) is 53.7 Å². The van der Waals surface area contributed by atoms with Crippen LogP contribution in [-0.4, -0.2) is 21.8 Å². The number of nitrogens with zero attached hydrogens (tertiary/aromatic N) is 2. The van der Waals surface area contributed by atoms with E-state index in [1.54, 1.807) is 18.2 Å². The summed E-state index contributed by atoms with van der Waals surface area (Å²) in [6.07, 6.45) is 0. The van der Waals surface area contributed by atoms with Crippen molar-refractivity contribution in [3.8, 4) is 0 Å². The highest BCUT2D eigenvalue weighted by Crippen LogP contribution is 2.21. The Bertz CT molecular complexity index is 1070. The molecule has 0 saturated heterocycles. The van der Waals surface area contributed by atoms with Crippen LogP contribution in [0.2, 0.25) is 10.0 Å². The summed E-state index contributed by atoms with van der Waals surface area (Å²) < 4.78 is 0. The number of hydrogen-bond acceptors (Lipinski definition) is 5. The smallest absolute Gasteiger partial charge is 0.267 e. The molecule has 6 nitrogen and oxygen atoms in total. The zero-order valence-corrected chi connectivity index (χ0v) is 18.5. The van der Waals surface area contributed by atoms with Crippen molar-refractivity contribution in [3.63, 3.8) is 0 Å². The van der Waals surface area contributed by atoms with Gasteiger partial charge in [0.05, 0.1) is 10.6 Å². The third-order valence-corrected chi connectivity index (χ3v) is 5.48. The van der Waals surface area contributed by atoms with Gasteiger partial charge < -0.3 is 0 Å². The number of rotatable bonds is 5. The molecule has 0 bridgehead atoms. The van der Waals surface area contributed by atoms with Crippen LogP contribution in [0.5, 0.6) is 0 Å². The van der Waals surface area contributed by atoms with E-state index in [0.29, 0.717) is 16.3 Å². The molecule has 0 aliphatic heterocycles. The molecule has 0 saturated carbocycles. The molecule has 2 N–H and O–H groups in total. The average molecular weight is 461 g/mol. The van der Waals surface area contributed by atoms with Crippen molar-refractivity contribution in [3.05, 3.63) is 86.7 Å². The molecule has 154 valence electrons. The first kappa shape index (κ1) is 22.1. The van der Waals surface area contributed by atoms with Gasteiger partial charge in [0.1, 0.15) is 0 Å². The molecule has 0 atom stereocenters. The molecule has 0 radical (unpaired) electrons. The highest BCUT2D eigenvalue weighted by Gasteiger charge is 2.12. The van der Waals surface area contributed by atoms with Gasteiger partial charge in [0, 0.05) is 27.7 Å². The second-order valence-corrected chi connectivity index (χ2v) is 8.24. The van der Waals surface area contributed by atoms with Crippen LogP contribution in [0.4, 0.5) is 0 Å². The van der Waals surface area contributed by atoms with E-state index in [9.17, 15) is 9.59 Å². The van der Waals surface area contributed by atoms with Gasteiger partial charge in [-0.15, -0.1) is 0 Å². The SMILES string of the molecule is Cc1cc(C)nc(SCc2ccc(C(=O)NNC(=O)c3ccc(Cl)cc3Cl)cc2)n1. The second kappa shape index (κ2) is 9.93. The first-order valence-corrected chi connectivity index (χ1v) is 10.7. The number of carbonyl (C=O) groups is 2. The summed E-state index contributed by atoms with van der Waals surface area (Å²) in [5.41, 5.74) is 8.22. The average Bonchev–Trinajstić information content (AvgIpc) is 2.70. The van der Waals surface area contributed by atoms with Crippen molar-refractivity contribution in [2.24, 2.45) is 0 Å². The second-order valence-electron chi connectivity index (χ2n) is 6.45. The third-order valence-electron chi connectivity index (χ3n) is 4.01. The van der Waals surface area contributed by atoms with E-state index in [4.69, 9.17) is 23.2 Å². The van der Waals surface area contributed by atoms with Crippen molar-refractivity contribution < 1.29 is 9.59 Å². The van der Waals surface area contributed by atoms with Crippen molar-refractivity contribution in [2.45, 2.75) is 24.8 Å². The Morgan fingerprint density at radius 2 is 1.53 bits per heavy atom. The Hall–Kier alpha value is -2.61. The molecule has 0 aliphatic carbocycles. The summed E-state index contributed by atoms with van der Waals surface area (Å²) >= 11 is 13.3. The largest absolute Gasteiger partial charge is 0.271 e. The third kappa shape index (κ3) is 5.95. The Morgan fingerprint density at radius 1 is 0.900 bits per heavy atom. The fraction of sp³-hybridized carbons (Fsp3) is 0.143. The van der Waals surface area contributed by atoms with E-state index in [1.807, 2.05) is 32.0 Å². The lowest BCUT2D eigenvalue weighted by Gasteiger charge is -2.09. The standard InChI is InChI=1S/C21H18Cl2N4O2S/c1-12-9-13(2)25-21(24-12)30-11-14-3-5-15(6-4-14)19(28)26-27-20(29)17-8-7-16(22)10-18(17)23/h3-10H,11H2,1-2H3,(H,26,28)(H,27,29). The topological polar surface area (TPSA) is 84.0 Å². The van der Waals surface area contributed by atoms with E-state index >= 15 is 0 Å². The maximum Gasteiger partial charge on any atom is 0.271 e. The van der Waals surface area contributed by atoms with Gasteiger partial charge in [-0.05, 0) is 55.8 Å². The van der Waals surface area contributed by atoms with Gasteiger partial charge in [-0.3, -0.25) is 20.4 Å². The first-order chi connectivity index (χ1) is 14.3. The molecule has 1 heterocycles. The highest BCUT2D eigenvalue weighted by atomic mass is 35.5. The van der Waals surface area contributed by atoms with E-state index in [0.717, 1.165) is 22.1 Å². The summed E-state index contributed by atoms with van der Waals surface area (Å²) in [5, 5.41) is 1.34. The van der Waals surface area contributed by atoms with Crippen LogP contribution in [0.3, 0.4) is 0 Å². The molecule has 0 aliphatic rings. The number of nitrogens with one attached hydrogen (secondary N) is 2. The number of hydrazine groups is 1. The zero-order valence-electron chi connectivity index (χ0n) is 16.2. The number of halogens is 2. The molecule has 30 heavy (non-hydrogen) atoms. The lowest BCUT2D eigenvalue weighted by atomic mass is 10.1. The van der Waals surface area contributed by atoms with Gasteiger partial charge in [-0.1, -0.05) is 47.1 Å². The van der Waals surface area contributed by atoms with Crippen LogP contribution in [0.25, 0.3) is 0 Å². The fourth-order valence-electron chi connectivity index (χ4n) is 2.59. The van der Waals surface area contributed by atoms with Crippen molar-refractivity contribution in [1.82, 2.24) is 20.8 Å². The minimum absolute atomic E-state index is 0.198. The first-order valence-electron chi connectivity index (χ1n) is 8.91. The molecular formula is C21H18Cl2N4O2S. The molecule has 0 spiro atoms. The maximum atomic E-state index is 12.3. The number of benzene rings is 2. The van der Waals surface area contributed by atoms with Gasteiger partial charge in [-0.25, -0.2) is 9.97 Å². The lowest BCUT2D eigenvalue weighted by molar-refractivity contribution is 0.0846. The van der Waals surface area contributed by atoms with Gasteiger partial charge in [0.15, 0.2) is 5.16 Å². The van der Waals surface area contributed by atoms with Gasteiger partial charge in [0.25, 0.3) is 11.8 Å². The number of hydrogen-bond donors (Lipinski definition) is 2. The van der Waals surface area contributed by atoms with E-state index in [2.05, 4.69) is 20.8 Å².